The molecule has 1 aromatic carbocycles. The lowest BCUT2D eigenvalue weighted by atomic mass is 9.97. The molecule has 0 spiro atoms. The van der Waals surface area contributed by atoms with Crippen LogP contribution in [-0.2, 0) is 11.2 Å². The smallest absolute Gasteiger partial charge is 0.226 e. The molecule has 1 fully saturated rings. The van der Waals surface area contributed by atoms with Crippen LogP contribution in [0.15, 0.2) is 30.5 Å². The molecule has 2 aromatic rings. The minimum Gasteiger partial charge on any atom is -0.497 e. The average molecular weight is 345 g/mol. The number of carbonyl (C=O) groups excluding carboxylic acids is 1. The van der Waals surface area contributed by atoms with Gasteiger partial charge in [-0.05, 0) is 56.0 Å². The summed E-state index contributed by atoms with van der Waals surface area (Å²) in [5.41, 5.74) is 1.13. The van der Waals surface area contributed by atoms with Crippen molar-refractivity contribution in [3.05, 3.63) is 40.9 Å². The first-order valence-corrected chi connectivity index (χ1v) is 9.15. The minimum absolute atomic E-state index is 0.0111. The summed E-state index contributed by atoms with van der Waals surface area (Å²) in [7, 11) is 1.65. The van der Waals surface area contributed by atoms with Crippen LogP contribution in [0.2, 0.25) is 0 Å². The maximum atomic E-state index is 12.1. The van der Waals surface area contributed by atoms with Gasteiger partial charge in [-0.15, -0.1) is 11.3 Å². The van der Waals surface area contributed by atoms with Gasteiger partial charge in [0.25, 0.3) is 0 Å². The molecule has 0 bridgehead atoms. The summed E-state index contributed by atoms with van der Waals surface area (Å²) >= 11 is 1.61. The molecule has 0 unspecified atom stereocenters. The van der Waals surface area contributed by atoms with E-state index in [-0.39, 0.29) is 5.91 Å². The number of hydrogen-bond donors (Lipinski definition) is 2. The van der Waals surface area contributed by atoms with Crippen LogP contribution in [0.4, 0.5) is 5.13 Å². The molecule has 1 aliphatic rings. The van der Waals surface area contributed by atoms with Crippen LogP contribution in [-0.4, -0.2) is 31.1 Å². The second kappa shape index (κ2) is 8.26. The largest absolute Gasteiger partial charge is 0.497 e. The quantitative estimate of drug-likeness (QED) is 0.844. The van der Waals surface area contributed by atoms with Crippen molar-refractivity contribution < 1.29 is 9.53 Å². The van der Waals surface area contributed by atoms with Crippen LogP contribution in [0.5, 0.6) is 5.75 Å². The molecule has 1 amide bonds. The maximum Gasteiger partial charge on any atom is 0.226 e. The molecule has 1 aromatic heterocycles. The highest BCUT2D eigenvalue weighted by atomic mass is 32.1. The number of hydrogen-bond acceptors (Lipinski definition) is 5. The molecule has 0 aliphatic carbocycles. The summed E-state index contributed by atoms with van der Waals surface area (Å²) in [6.45, 7) is 2.12. The number of nitrogens with zero attached hydrogens (tertiary/aromatic N) is 1. The van der Waals surface area contributed by atoms with E-state index in [0.717, 1.165) is 37.2 Å². The molecule has 1 saturated heterocycles. The fourth-order valence-corrected chi connectivity index (χ4v) is 3.87. The third-order valence-corrected chi connectivity index (χ3v) is 5.39. The summed E-state index contributed by atoms with van der Waals surface area (Å²) in [5.74, 6) is 1.42. The number of carbonyl (C=O) groups is 1. The van der Waals surface area contributed by atoms with Gasteiger partial charge in [0, 0.05) is 17.5 Å². The predicted molar refractivity (Wildman–Crippen MR) is 96.9 cm³/mol. The Labute approximate surface area is 146 Å². The molecule has 1 aliphatic heterocycles. The van der Waals surface area contributed by atoms with Crippen molar-refractivity contribution in [2.24, 2.45) is 0 Å². The van der Waals surface area contributed by atoms with E-state index in [1.54, 1.807) is 18.4 Å². The van der Waals surface area contributed by atoms with Crippen molar-refractivity contribution in [1.29, 1.82) is 0 Å². The van der Waals surface area contributed by atoms with Crippen LogP contribution in [0.1, 0.15) is 35.6 Å². The van der Waals surface area contributed by atoms with E-state index in [0.29, 0.717) is 23.9 Å². The normalized spacial score (nSPS) is 15.2. The number of aryl methyl sites for hydroxylation is 1. The van der Waals surface area contributed by atoms with Crippen molar-refractivity contribution >= 4 is 22.4 Å². The number of nitrogens with one attached hydrogen (secondary N) is 2. The summed E-state index contributed by atoms with van der Waals surface area (Å²) < 4.78 is 5.14. The van der Waals surface area contributed by atoms with Crippen molar-refractivity contribution in [2.45, 2.75) is 31.6 Å². The van der Waals surface area contributed by atoms with E-state index in [9.17, 15) is 4.79 Å². The first kappa shape index (κ1) is 16.9. The van der Waals surface area contributed by atoms with Gasteiger partial charge in [0.15, 0.2) is 5.13 Å². The Kier molecular flexibility index (Phi) is 5.82. The van der Waals surface area contributed by atoms with Gasteiger partial charge < -0.3 is 15.4 Å². The topological polar surface area (TPSA) is 63.2 Å². The molecule has 24 heavy (non-hydrogen) atoms. The molecular weight excluding hydrogens is 322 g/mol. The minimum atomic E-state index is 0.0111. The van der Waals surface area contributed by atoms with E-state index < -0.39 is 0 Å². The Bertz CT molecular complexity index is 663. The maximum absolute atomic E-state index is 12.1. The Morgan fingerprint density at radius 1 is 1.33 bits per heavy atom. The first-order chi connectivity index (χ1) is 11.7. The fourth-order valence-electron chi connectivity index (χ4n) is 2.87. The number of rotatable bonds is 6. The van der Waals surface area contributed by atoms with Crippen LogP contribution in [0.25, 0.3) is 0 Å². The number of benzene rings is 1. The number of ether oxygens (including phenoxy) is 1. The highest BCUT2D eigenvalue weighted by Crippen LogP contribution is 2.31. The van der Waals surface area contributed by atoms with E-state index in [1.165, 1.54) is 4.88 Å². The molecule has 0 saturated carbocycles. The van der Waals surface area contributed by atoms with Gasteiger partial charge in [0.1, 0.15) is 5.75 Å². The Morgan fingerprint density at radius 2 is 2.08 bits per heavy atom. The van der Waals surface area contributed by atoms with E-state index in [4.69, 9.17) is 4.74 Å². The van der Waals surface area contributed by atoms with Crippen molar-refractivity contribution in [1.82, 2.24) is 10.3 Å². The molecule has 2 N–H and O–H groups in total. The van der Waals surface area contributed by atoms with Crippen molar-refractivity contribution in [3.63, 3.8) is 0 Å². The lowest BCUT2D eigenvalue weighted by Gasteiger charge is -2.20. The molecule has 0 atom stereocenters. The first-order valence-electron chi connectivity index (χ1n) is 8.34. The molecular formula is C18H23N3O2S. The molecule has 5 nitrogen and oxygen atoms in total. The SMILES string of the molecule is COc1ccc(CCC(=O)Nc2ncc(C3CCNCC3)s2)cc1. The zero-order valence-electron chi connectivity index (χ0n) is 13.9. The zero-order chi connectivity index (χ0) is 16.8. The van der Waals surface area contributed by atoms with Gasteiger partial charge in [-0.2, -0.15) is 0 Å². The van der Waals surface area contributed by atoms with Gasteiger partial charge in [0.2, 0.25) is 5.91 Å². The number of aromatic nitrogens is 1. The van der Waals surface area contributed by atoms with Crippen molar-refractivity contribution in [2.75, 3.05) is 25.5 Å². The van der Waals surface area contributed by atoms with Crippen LogP contribution in [0.3, 0.4) is 0 Å². The predicted octanol–water partition coefficient (Wildman–Crippen LogP) is 3.19. The Morgan fingerprint density at radius 3 is 2.79 bits per heavy atom. The number of anilines is 1. The molecule has 0 radical (unpaired) electrons. The van der Waals surface area contributed by atoms with Gasteiger partial charge in [-0.1, -0.05) is 12.1 Å². The van der Waals surface area contributed by atoms with Crippen LogP contribution in [0, 0.1) is 0 Å². The van der Waals surface area contributed by atoms with Gasteiger partial charge in [-0.3, -0.25) is 4.79 Å². The molecule has 128 valence electrons. The van der Waals surface area contributed by atoms with Crippen molar-refractivity contribution in [3.8, 4) is 5.75 Å². The highest BCUT2D eigenvalue weighted by Gasteiger charge is 2.18. The Hall–Kier alpha value is -1.92. The number of piperidine rings is 1. The third-order valence-electron chi connectivity index (χ3n) is 4.31. The summed E-state index contributed by atoms with van der Waals surface area (Å²) in [4.78, 5) is 17.8. The number of amides is 1. The summed E-state index contributed by atoms with van der Waals surface area (Å²) in [6, 6.07) is 7.81. The van der Waals surface area contributed by atoms with Gasteiger partial charge >= 0.3 is 0 Å². The zero-order valence-corrected chi connectivity index (χ0v) is 14.7. The Balaban J connectivity index is 1.48. The summed E-state index contributed by atoms with van der Waals surface area (Å²) in [5, 5.41) is 7.00. The van der Waals surface area contributed by atoms with E-state index >= 15 is 0 Å². The second-order valence-corrected chi connectivity index (χ2v) is 7.05. The average Bonchev–Trinajstić information content (AvgIpc) is 3.09. The van der Waals surface area contributed by atoms with E-state index in [1.807, 2.05) is 30.5 Å². The number of methoxy groups -OCH3 is 1. The third kappa shape index (κ3) is 4.55. The van der Waals surface area contributed by atoms with Gasteiger partial charge in [-0.25, -0.2) is 4.98 Å². The van der Waals surface area contributed by atoms with Gasteiger partial charge in [0.05, 0.1) is 7.11 Å². The monoisotopic (exact) mass is 345 g/mol. The van der Waals surface area contributed by atoms with E-state index in [2.05, 4.69) is 15.6 Å². The van der Waals surface area contributed by atoms with Crippen LogP contribution < -0.4 is 15.4 Å². The molecule has 3 rings (SSSR count). The highest BCUT2D eigenvalue weighted by molar-refractivity contribution is 7.15. The molecule has 2 heterocycles. The molecule has 6 heteroatoms. The summed E-state index contributed by atoms with van der Waals surface area (Å²) in [6.07, 6.45) is 5.37. The second-order valence-electron chi connectivity index (χ2n) is 5.99. The fraction of sp³-hybridized carbons (Fsp3) is 0.444. The standard InChI is InChI=1S/C18H23N3O2S/c1-23-15-5-2-13(3-6-15)4-7-17(22)21-18-20-12-16(24-18)14-8-10-19-11-9-14/h2-3,5-6,12,14,19H,4,7-11H2,1H3,(H,20,21,22). The number of thiazole rings is 1. The lowest BCUT2D eigenvalue weighted by molar-refractivity contribution is -0.116. The van der Waals surface area contributed by atoms with Crippen LogP contribution >= 0.6 is 11.3 Å². The lowest BCUT2D eigenvalue weighted by Crippen LogP contribution is -2.26.